The van der Waals surface area contributed by atoms with Gasteiger partial charge in [0.15, 0.2) is 0 Å². The quantitative estimate of drug-likeness (QED) is 0.557. The van der Waals surface area contributed by atoms with Crippen LogP contribution in [0.15, 0.2) is 59.5 Å². The highest BCUT2D eigenvalue weighted by Gasteiger charge is 2.41. The maximum Gasteiger partial charge on any atom is 0.269 e. The first-order valence-electron chi connectivity index (χ1n) is 11.5. The van der Waals surface area contributed by atoms with E-state index < -0.39 is 27.9 Å². The highest BCUT2D eigenvalue weighted by Crippen LogP contribution is 2.30. The molecule has 1 heterocycles. The molecule has 1 N–H and O–H groups in total. The second-order valence-corrected chi connectivity index (χ2v) is 10.2. The van der Waals surface area contributed by atoms with Crippen molar-refractivity contribution in [3.63, 3.8) is 0 Å². The Morgan fingerprint density at radius 1 is 1.00 bits per heavy atom. The normalized spacial score (nSPS) is 16.0. The molecule has 3 amide bonds. The van der Waals surface area contributed by atoms with Crippen LogP contribution in [0, 0.1) is 0 Å². The van der Waals surface area contributed by atoms with Crippen molar-refractivity contribution in [3.8, 4) is 0 Å². The molecule has 1 aliphatic rings. The summed E-state index contributed by atoms with van der Waals surface area (Å²) >= 11 is 0. The highest BCUT2D eigenvalue weighted by atomic mass is 32.2. The molecule has 0 radical (unpaired) electrons. The molecule has 3 rings (SSSR count). The van der Waals surface area contributed by atoms with Gasteiger partial charge in [0, 0.05) is 25.6 Å². The third-order valence-electron chi connectivity index (χ3n) is 6.02. The molecular weight excluding hydrogens is 454 g/mol. The molecule has 34 heavy (non-hydrogen) atoms. The number of carbonyl (C=O) groups is 3. The maximum absolute atomic E-state index is 13.4. The van der Waals surface area contributed by atoms with Crippen LogP contribution in [0.3, 0.4) is 0 Å². The third-order valence-corrected chi connectivity index (χ3v) is 7.86. The van der Waals surface area contributed by atoms with Crippen LogP contribution in [-0.4, -0.2) is 54.0 Å². The van der Waals surface area contributed by atoms with Crippen LogP contribution in [0.1, 0.15) is 56.0 Å². The van der Waals surface area contributed by atoms with Gasteiger partial charge < -0.3 is 10.2 Å². The van der Waals surface area contributed by atoms with Crippen molar-refractivity contribution < 1.29 is 22.8 Å². The van der Waals surface area contributed by atoms with E-state index in [9.17, 15) is 22.8 Å². The fraction of sp³-hybridized carbons (Fsp3) is 0.400. The second kappa shape index (κ2) is 10.8. The molecule has 0 saturated heterocycles. The van der Waals surface area contributed by atoms with Crippen molar-refractivity contribution in [2.45, 2.75) is 63.6 Å². The molecule has 0 aliphatic carbocycles. The molecule has 8 nitrogen and oxygen atoms in total. The van der Waals surface area contributed by atoms with Gasteiger partial charge in [-0.3, -0.25) is 14.4 Å². The fourth-order valence-electron chi connectivity index (χ4n) is 3.93. The summed E-state index contributed by atoms with van der Waals surface area (Å²) in [5.74, 6) is -1.29. The van der Waals surface area contributed by atoms with Crippen LogP contribution in [0.5, 0.6) is 0 Å². The standard InChI is InChI=1S/C25H31N3O5S/c1-4-18(3)26-24(30)21(5-2)27(17-19-11-7-6-8-12-19)23(29)15-16-28-25(31)20-13-9-10-14-22(20)34(28,32)33/h6-14,18,21H,4-5,15-17H2,1-3H3,(H,26,30)/t18-,21+/m1/s1. The van der Waals surface area contributed by atoms with Crippen molar-refractivity contribution in [3.05, 3.63) is 65.7 Å². The Bertz CT molecular complexity index is 1150. The molecule has 1 aliphatic heterocycles. The number of hydrogen-bond donors (Lipinski definition) is 1. The van der Waals surface area contributed by atoms with Crippen molar-refractivity contribution in [2.75, 3.05) is 6.54 Å². The van der Waals surface area contributed by atoms with E-state index in [2.05, 4.69) is 5.32 Å². The van der Waals surface area contributed by atoms with E-state index in [1.165, 1.54) is 17.0 Å². The number of sulfonamides is 1. The predicted molar refractivity (Wildman–Crippen MR) is 128 cm³/mol. The number of nitrogens with zero attached hydrogens (tertiary/aromatic N) is 2. The van der Waals surface area contributed by atoms with Crippen LogP contribution in [-0.2, 0) is 26.2 Å². The molecule has 0 spiro atoms. The van der Waals surface area contributed by atoms with Gasteiger partial charge in [-0.15, -0.1) is 0 Å². The van der Waals surface area contributed by atoms with Gasteiger partial charge in [-0.05, 0) is 37.5 Å². The molecule has 0 unspecified atom stereocenters. The molecule has 2 aromatic rings. The first-order chi connectivity index (χ1) is 16.2. The molecule has 2 atom stereocenters. The van der Waals surface area contributed by atoms with Crippen LogP contribution >= 0.6 is 0 Å². The van der Waals surface area contributed by atoms with Gasteiger partial charge in [-0.2, -0.15) is 0 Å². The van der Waals surface area contributed by atoms with Crippen LogP contribution in [0.25, 0.3) is 0 Å². The molecular formula is C25H31N3O5S. The Balaban J connectivity index is 1.81. The van der Waals surface area contributed by atoms with E-state index in [4.69, 9.17) is 0 Å². The Labute approximate surface area is 201 Å². The summed E-state index contributed by atoms with van der Waals surface area (Å²) in [6, 6.07) is 14.6. The van der Waals surface area contributed by atoms with Gasteiger partial charge >= 0.3 is 0 Å². The van der Waals surface area contributed by atoms with Gasteiger partial charge in [0.1, 0.15) is 10.9 Å². The Morgan fingerprint density at radius 2 is 1.65 bits per heavy atom. The lowest BCUT2D eigenvalue weighted by Crippen LogP contribution is -2.51. The van der Waals surface area contributed by atoms with Crippen molar-refractivity contribution in [1.82, 2.24) is 14.5 Å². The zero-order valence-corrected chi connectivity index (χ0v) is 20.5. The number of amides is 3. The summed E-state index contributed by atoms with van der Waals surface area (Å²) in [4.78, 5) is 40.5. The van der Waals surface area contributed by atoms with E-state index >= 15 is 0 Å². The van der Waals surface area contributed by atoms with Gasteiger partial charge in [0.25, 0.3) is 15.9 Å². The van der Waals surface area contributed by atoms with Gasteiger partial charge in [0.05, 0.1) is 5.56 Å². The lowest BCUT2D eigenvalue weighted by molar-refractivity contribution is -0.141. The molecule has 182 valence electrons. The van der Waals surface area contributed by atoms with E-state index in [1.54, 1.807) is 12.1 Å². The summed E-state index contributed by atoms with van der Waals surface area (Å²) in [5, 5.41) is 2.94. The van der Waals surface area contributed by atoms with E-state index in [0.29, 0.717) is 6.42 Å². The van der Waals surface area contributed by atoms with E-state index in [0.717, 1.165) is 16.3 Å². The minimum absolute atomic E-state index is 0.0407. The van der Waals surface area contributed by atoms with E-state index in [1.807, 2.05) is 51.1 Å². The van der Waals surface area contributed by atoms with Gasteiger partial charge in [-0.1, -0.05) is 56.3 Å². The minimum Gasteiger partial charge on any atom is -0.352 e. The Hall–Kier alpha value is -3.20. The van der Waals surface area contributed by atoms with Crippen LogP contribution in [0.4, 0.5) is 0 Å². The molecule has 9 heteroatoms. The monoisotopic (exact) mass is 485 g/mol. The van der Waals surface area contributed by atoms with Crippen LogP contribution in [0.2, 0.25) is 0 Å². The smallest absolute Gasteiger partial charge is 0.269 e. The zero-order chi connectivity index (χ0) is 24.9. The maximum atomic E-state index is 13.4. The lowest BCUT2D eigenvalue weighted by Gasteiger charge is -2.32. The van der Waals surface area contributed by atoms with Crippen molar-refractivity contribution in [2.24, 2.45) is 0 Å². The van der Waals surface area contributed by atoms with Crippen molar-refractivity contribution >= 4 is 27.7 Å². The molecule has 0 fully saturated rings. The molecule has 0 saturated carbocycles. The average Bonchev–Trinajstić information content (AvgIpc) is 3.03. The van der Waals surface area contributed by atoms with Gasteiger partial charge in [-0.25, -0.2) is 12.7 Å². The largest absolute Gasteiger partial charge is 0.352 e. The topological polar surface area (TPSA) is 104 Å². The summed E-state index contributed by atoms with van der Waals surface area (Å²) < 4.78 is 26.4. The Kier molecular flexibility index (Phi) is 8.09. The minimum atomic E-state index is -4.00. The summed E-state index contributed by atoms with van der Waals surface area (Å²) in [6.07, 6.45) is 0.927. The average molecular weight is 486 g/mol. The molecule has 2 aromatic carbocycles. The second-order valence-electron chi connectivity index (χ2n) is 8.38. The number of carbonyl (C=O) groups excluding carboxylic acids is 3. The zero-order valence-electron chi connectivity index (χ0n) is 19.7. The van der Waals surface area contributed by atoms with Gasteiger partial charge in [0.2, 0.25) is 11.8 Å². The number of fused-ring (bicyclic) bond motifs is 1. The Morgan fingerprint density at radius 3 is 2.26 bits per heavy atom. The summed E-state index contributed by atoms with van der Waals surface area (Å²) in [5.41, 5.74) is 0.957. The van der Waals surface area contributed by atoms with Crippen molar-refractivity contribution in [1.29, 1.82) is 0 Å². The summed E-state index contributed by atoms with van der Waals surface area (Å²) in [7, 11) is -4.00. The molecule has 0 bridgehead atoms. The SMILES string of the molecule is CC[C@@H](C)NC(=O)[C@H](CC)N(Cc1ccccc1)C(=O)CCN1C(=O)c2ccccc2S1(=O)=O. The predicted octanol–water partition coefficient (Wildman–Crippen LogP) is 2.94. The first kappa shape index (κ1) is 25.4. The third kappa shape index (κ3) is 5.30. The molecule has 0 aromatic heterocycles. The van der Waals surface area contributed by atoms with Crippen LogP contribution < -0.4 is 5.32 Å². The summed E-state index contributed by atoms with van der Waals surface area (Å²) in [6.45, 7) is 5.60. The first-order valence-corrected chi connectivity index (χ1v) is 12.9. The van der Waals surface area contributed by atoms with E-state index in [-0.39, 0.29) is 41.9 Å². The number of hydrogen-bond acceptors (Lipinski definition) is 5. The fourth-order valence-corrected chi connectivity index (χ4v) is 5.50. The number of benzene rings is 2. The lowest BCUT2D eigenvalue weighted by atomic mass is 10.1. The number of nitrogens with one attached hydrogen (secondary N) is 1. The highest BCUT2D eigenvalue weighted by molar-refractivity contribution is 7.90. The number of rotatable bonds is 10.